The number of ether oxygens (including phenoxy) is 1. The molecule has 0 saturated carbocycles. The van der Waals surface area contributed by atoms with Crippen molar-refractivity contribution in [2.45, 2.75) is 19.4 Å². The average Bonchev–Trinajstić information content (AvgIpc) is 2.99. The summed E-state index contributed by atoms with van der Waals surface area (Å²) in [6.07, 6.45) is 0.804. The zero-order valence-electron chi connectivity index (χ0n) is 16.7. The summed E-state index contributed by atoms with van der Waals surface area (Å²) in [5.74, 6) is -0.273. The lowest BCUT2D eigenvalue weighted by atomic mass is 10.1. The highest BCUT2D eigenvalue weighted by atomic mass is 19.1. The van der Waals surface area contributed by atoms with Gasteiger partial charge in [0.25, 0.3) is 0 Å². The van der Waals surface area contributed by atoms with Crippen LogP contribution >= 0.6 is 0 Å². The van der Waals surface area contributed by atoms with Crippen LogP contribution in [0.5, 0.6) is 5.75 Å². The molecule has 1 saturated heterocycles. The minimum atomic E-state index is -0.451. The molecule has 0 aromatic heterocycles. The second kappa shape index (κ2) is 9.28. The summed E-state index contributed by atoms with van der Waals surface area (Å²) in [5.41, 5.74) is 2.22. The summed E-state index contributed by atoms with van der Waals surface area (Å²) >= 11 is 0. The van der Waals surface area contributed by atoms with Gasteiger partial charge in [0.1, 0.15) is 6.07 Å². The smallest absolute Gasteiger partial charge is 0.317 e. The largest absolute Gasteiger partial charge is 0.494 e. The quantitative estimate of drug-likeness (QED) is 0.856. The fourth-order valence-electron chi connectivity index (χ4n) is 3.52. The monoisotopic (exact) mass is 396 g/mol. The standard InChI is InChI=1S/C22H25FN4O2/c1-16(17-8-9-21(29-2)19(23)14-17)25-22(28)27-11-5-10-26(12-13-27)20-7-4-3-6-18(20)15-24/h3-4,6-9,14,16H,5,10-13H2,1-2H3,(H,25,28). The molecule has 2 aromatic rings. The zero-order valence-corrected chi connectivity index (χ0v) is 16.7. The van der Waals surface area contributed by atoms with Crippen molar-refractivity contribution in [1.29, 1.82) is 5.26 Å². The average molecular weight is 396 g/mol. The Balaban J connectivity index is 1.62. The summed E-state index contributed by atoms with van der Waals surface area (Å²) in [7, 11) is 1.42. The molecule has 1 unspecified atom stereocenters. The van der Waals surface area contributed by atoms with Gasteiger partial charge in [-0.1, -0.05) is 18.2 Å². The van der Waals surface area contributed by atoms with Crippen LogP contribution in [0.25, 0.3) is 0 Å². The molecular formula is C22H25FN4O2. The Morgan fingerprint density at radius 3 is 2.72 bits per heavy atom. The number of anilines is 1. The van der Waals surface area contributed by atoms with Gasteiger partial charge >= 0.3 is 6.03 Å². The molecule has 7 heteroatoms. The molecule has 6 nitrogen and oxygen atoms in total. The van der Waals surface area contributed by atoms with Crippen molar-refractivity contribution in [1.82, 2.24) is 10.2 Å². The van der Waals surface area contributed by atoms with Crippen molar-refractivity contribution in [3.05, 3.63) is 59.4 Å². The van der Waals surface area contributed by atoms with E-state index >= 15 is 0 Å². The van der Waals surface area contributed by atoms with Crippen molar-refractivity contribution in [2.24, 2.45) is 0 Å². The van der Waals surface area contributed by atoms with Crippen LogP contribution in [0.2, 0.25) is 0 Å². The third kappa shape index (κ3) is 4.77. The summed E-state index contributed by atoms with van der Waals surface area (Å²) in [4.78, 5) is 16.7. The Morgan fingerprint density at radius 2 is 2.00 bits per heavy atom. The van der Waals surface area contributed by atoms with E-state index in [2.05, 4.69) is 16.3 Å². The Hall–Kier alpha value is -3.27. The number of nitriles is 1. The Labute approximate surface area is 170 Å². The van der Waals surface area contributed by atoms with Crippen LogP contribution in [0.15, 0.2) is 42.5 Å². The second-order valence-electron chi connectivity index (χ2n) is 7.02. The SMILES string of the molecule is COc1ccc(C(C)NC(=O)N2CCCN(c3ccccc3C#N)CC2)cc1F. The fraction of sp³-hybridized carbons (Fsp3) is 0.364. The number of amides is 2. The Kier molecular flexibility index (Phi) is 6.55. The number of nitrogens with zero attached hydrogens (tertiary/aromatic N) is 3. The van der Waals surface area contributed by atoms with Gasteiger partial charge in [-0.15, -0.1) is 0 Å². The van der Waals surface area contributed by atoms with Crippen molar-refractivity contribution < 1.29 is 13.9 Å². The molecule has 0 bridgehead atoms. The summed E-state index contributed by atoms with van der Waals surface area (Å²) < 4.78 is 18.9. The van der Waals surface area contributed by atoms with E-state index in [0.29, 0.717) is 30.8 Å². The van der Waals surface area contributed by atoms with Crippen molar-refractivity contribution in [3.63, 3.8) is 0 Å². The van der Waals surface area contributed by atoms with E-state index in [1.165, 1.54) is 13.2 Å². The van der Waals surface area contributed by atoms with Gasteiger partial charge in [0.15, 0.2) is 11.6 Å². The first-order chi connectivity index (χ1) is 14.0. The Bertz CT molecular complexity index is 912. The lowest BCUT2D eigenvalue weighted by Gasteiger charge is -2.25. The summed E-state index contributed by atoms with van der Waals surface area (Å²) in [5, 5.41) is 12.3. The first-order valence-electron chi connectivity index (χ1n) is 9.66. The highest BCUT2D eigenvalue weighted by Gasteiger charge is 2.22. The molecule has 1 heterocycles. The number of methoxy groups -OCH3 is 1. The van der Waals surface area contributed by atoms with E-state index < -0.39 is 5.82 Å². The molecule has 29 heavy (non-hydrogen) atoms. The maximum Gasteiger partial charge on any atom is 0.317 e. The molecule has 0 spiro atoms. The number of para-hydroxylation sites is 1. The molecule has 1 fully saturated rings. The molecule has 1 aliphatic rings. The highest BCUT2D eigenvalue weighted by molar-refractivity contribution is 5.75. The molecule has 0 radical (unpaired) electrons. The molecule has 1 atom stereocenters. The highest BCUT2D eigenvalue weighted by Crippen LogP contribution is 2.23. The maximum atomic E-state index is 13.9. The number of carbonyl (C=O) groups is 1. The maximum absolute atomic E-state index is 13.9. The van der Waals surface area contributed by atoms with Gasteiger partial charge in [0.05, 0.1) is 24.4 Å². The van der Waals surface area contributed by atoms with Gasteiger partial charge in [-0.25, -0.2) is 9.18 Å². The number of nitrogens with one attached hydrogen (secondary N) is 1. The number of hydrogen-bond donors (Lipinski definition) is 1. The topological polar surface area (TPSA) is 68.6 Å². The Morgan fingerprint density at radius 1 is 1.21 bits per heavy atom. The van der Waals surface area contributed by atoms with Crippen LogP contribution in [-0.4, -0.2) is 44.2 Å². The van der Waals surface area contributed by atoms with Crippen molar-refractivity contribution >= 4 is 11.7 Å². The van der Waals surface area contributed by atoms with Crippen LogP contribution in [0.4, 0.5) is 14.9 Å². The van der Waals surface area contributed by atoms with Crippen molar-refractivity contribution in [2.75, 3.05) is 38.2 Å². The third-order valence-corrected chi connectivity index (χ3v) is 5.16. The van der Waals surface area contributed by atoms with Gasteiger partial charge in [0, 0.05) is 26.2 Å². The zero-order chi connectivity index (χ0) is 20.8. The van der Waals surface area contributed by atoms with E-state index in [-0.39, 0.29) is 17.8 Å². The molecule has 152 valence electrons. The van der Waals surface area contributed by atoms with Crippen LogP contribution in [0.3, 0.4) is 0 Å². The molecule has 1 N–H and O–H groups in total. The molecule has 0 aliphatic carbocycles. The van der Waals surface area contributed by atoms with E-state index in [1.807, 2.05) is 25.1 Å². The van der Waals surface area contributed by atoms with Crippen molar-refractivity contribution in [3.8, 4) is 11.8 Å². The lowest BCUT2D eigenvalue weighted by molar-refractivity contribution is 0.198. The minimum Gasteiger partial charge on any atom is -0.494 e. The first kappa shape index (κ1) is 20.5. The molecule has 3 rings (SSSR count). The summed E-state index contributed by atoms with van der Waals surface area (Å²) in [6.45, 7) is 4.43. The van der Waals surface area contributed by atoms with Crippen LogP contribution in [0.1, 0.15) is 30.5 Å². The van der Waals surface area contributed by atoms with E-state index in [1.54, 1.807) is 23.1 Å². The third-order valence-electron chi connectivity index (χ3n) is 5.16. The first-order valence-corrected chi connectivity index (χ1v) is 9.66. The van der Waals surface area contributed by atoms with E-state index in [0.717, 1.165) is 18.7 Å². The predicted molar refractivity (Wildman–Crippen MR) is 109 cm³/mol. The number of benzene rings is 2. The number of urea groups is 1. The minimum absolute atomic E-state index is 0.177. The van der Waals surface area contributed by atoms with Crippen LogP contribution in [0, 0.1) is 17.1 Å². The number of carbonyl (C=O) groups excluding carboxylic acids is 1. The van der Waals surface area contributed by atoms with Gasteiger partial charge in [-0.2, -0.15) is 5.26 Å². The normalized spacial score (nSPS) is 15.2. The van der Waals surface area contributed by atoms with Crippen LogP contribution < -0.4 is 15.0 Å². The number of rotatable bonds is 4. The molecule has 1 aliphatic heterocycles. The molecular weight excluding hydrogens is 371 g/mol. The second-order valence-corrected chi connectivity index (χ2v) is 7.02. The molecule has 2 amide bonds. The lowest BCUT2D eigenvalue weighted by Crippen LogP contribution is -2.43. The molecule has 2 aromatic carbocycles. The van der Waals surface area contributed by atoms with Gasteiger partial charge in [0.2, 0.25) is 0 Å². The fourth-order valence-corrected chi connectivity index (χ4v) is 3.52. The van der Waals surface area contributed by atoms with Gasteiger partial charge in [-0.3, -0.25) is 0 Å². The number of halogens is 1. The number of hydrogen-bond acceptors (Lipinski definition) is 4. The van der Waals surface area contributed by atoms with E-state index in [9.17, 15) is 14.4 Å². The van der Waals surface area contributed by atoms with Gasteiger partial charge in [-0.05, 0) is 43.2 Å². The van der Waals surface area contributed by atoms with Crippen LogP contribution in [-0.2, 0) is 0 Å². The summed E-state index contributed by atoms with van der Waals surface area (Å²) in [6, 6.07) is 13.9. The predicted octanol–water partition coefficient (Wildman–Crippen LogP) is 3.69. The van der Waals surface area contributed by atoms with Gasteiger partial charge < -0.3 is 19.9 Å². The van der Waals surface area contributed by atoms with E-state index in [4.69, 9.17) is 4.74 Å².